The molecule has 0 aliphatic heterocycles. The standard InChI is InChI=1S/C16H25N3O2.ClH/c1-15(2,3)19-13(20)10-11-18-14(21)16(4,17)12-8-6-5-7-9-12;/h5-9H,10-11,17H2,1-4H3,(H,18,21)(H,19,20);1H. The molecule has 5 nitrogen and oxygen atoms in total. The second-order valence-corrected chi connectivity index (χ2v) is 6.37. The minimum absolute atomic E-state index is 0. The monoisotopic (exact) mass is 327 g/mol. The quantitative estimate of drug-likeness (QED) is 0.769. The van der Waals surface area contributed by atoms with Crippen molar-refractivity contribution in [3.8, 4) is 0 Å². The van der Waals surface area contributed by atoms with E-state index in [4.69, 9.17) is 5.73 Å². The second-order valence-electron chi connectivity index (χ2n) is 6.37. The fourth-order valence-electron chi connectivity index (χ4n) is 1.87. The van der Waals surface area contributed by atoms with Crippen LogP contribution in [0, 0.1) is 0 Å². The largest absolute Gasteiger partial charge is 0.354 e. The molecule has 124 valence electrons. The molecular weight excluding hydrogens is 302 g/mol. The average molecular weight is 328 g/mol. The molecule has 1 rings (SSSR count). The van der Waals surface area contributed by atoms with Gasteiger partial charge in [-0.2, -0.15) is 0 Å². The SMILES string of the molecule is CC(C)(C)NC(=O)CCNC(=O)C(C)(N)c1ccccc1.Cl. The van der Waals surface area contributed by atoms with E-state index in [9.17, 15) is 9.59 Å². The molecule has 0 aromatic heterocycles. The number of benzene rings is 1. The summed E-state index contributed by atoms with van der Waals surface area (Å²) in [4.78, 5) is 23.8. The lowest BCUT2D eigenvalue weighted by Crippen LogP contribution is -2.50. The van der Waals surface area contributed by atoms with Crippen LogP contribution >= 0.6 is 12.4 Å². The Morgan fingerprint density at radius 2 is 1.64 bits per heavy atom. The van der Waals surface area contributed by atoms with Crippen LogP contribution in [0.1, 0.15) is 39.7 Å². The van der Waals surface area contributed by atoms with Gasteiger partial charge in [-0.05, 0) is 33.3 Å². The molecule has 0 spiro atoms. The van der Waals surface area contributed by atoms with Crippen LogP contribution in [0.5, 0.6) is 0 Å². The van der Waals surface area contributed by atoms with E-state index in [1.807, 2.05) is 51.1 Å². The summed E-state index contributed by atoms with van der Waals surface area (Å²) in [7, 11) is 0. The maximum absolute atomic E-state index is 12.2. The number of rotatable bonds is 5. The molecule has 1 atom stereocenters. The molecule has 0 saturated carbocycles. The number of hydrogen-bond acceptors (Lipinski definition) is 3. The van der Waals surface area contributed by atoms with E-state index in [0.29, 0.717) is 0 Å². The van der Waals surface area contributed by atoms with Crippen LogP contribution in [0.15, 0.2) is 30.3 Å². The van der Waals surface area contributed by atoms with E-state index in [2.05, 4.69) is 10.6 Å². The van der Waals surface area contributed by atoms with Gasteiger partial charge in [-0.25, -0.2) is 0 Å². The topological polar surface area (TPSA) is 84.2 Å². The van der Waals surface area contributed by atoms with E-state index in [0.717, 1.165) is 5.56 Å². The molecule has 1 unspecified atom stereocenters. The Morgan fingerprint density at radius 1 is 1.09 bits per heavy atom. The first-order chi connectivity index (χ1) is 9.63. The third-order valence-corrected chi connectivity index (χ3v) is 3.00. The molecule has 2 amide bonds. The normalized spacial score (nSPS) is 13.5. The highest BCUT2D eigenvalue weighted by atomic mass is 35.5. The van der Waals surface area contributed by atoms with Gasteiger partial charge in [0.15, 0.2) is 0 Å². The van der Waals surface area contributed by atoms with Crippen molar-refractivity contribution >= 4 is 24.2 Å². The van der Waals surface area contributed by atoms with Gasteiger partial charge >= 0.3 is 0 Å². The van der Waals surface area contributed by atoms with Crippen molar-refractivity contribution in [2.75, 3.05) is 6.54 Å². The lowest BCUT2D eigenvalue weighted by atomic mass is 9.92. The predicted octanol–water partition coefficient (Wildman–Crippen LogP) is 1.70. The molecule has 0 saturated heterocycles. The Morgan fingerprint density at radius 3 is 2.14 bits per heavy atom. The number of halogens is 1. The first-order valence-electron chi connectivity index (χ1n) is 7.06. The van der Waals surface area contributed by atoms with Crippen LogP contribution in [0.4, 0.5) is 0 Å². The van der Waals surface area contributed by atoms with Gasteiger partial charge in [0.2, 0.25) is 11.8 Å². The van der Waals surface area contributed by atoms with E-state index in [1.54, 1.807) is 6.92 Å². The molecule has 22 heavy (non-hydrogen) atoms. The molecule has 6 heteroatoms. The summed E-state index contributed by atoms with van der Waals surface area (Å²) < 4.78 is 0. The summed E-state index contributed by atoms with van der Waals surface area (Å²) in [5.41, 5.74) is 5.45. The molecule has 0 bridgehead atoms. The Bertz CT molecular complexity index is 496. The third kappa shape index (κ3) is 6.45. The zero-order valence-electron chi connectivity index (χ0n) is 13.6. The van der Waals surface area contributed by atoms with Gasteiger partial charge in [0, 0.05) is 18.5 Å². The molecule has 0 aliphatic carbocycles. The predicted molar refractivity (Wildman–Crippen MR) is 90.8 cm³/mol. The summed E-state index contributed by atoms with van der Waals surface area (Å²) in [5, 5.41) is 5.56. The number of nitrogens with two attached hydrogens (primary N) is 1. The maximum Gasteiger partial charge on any atom is 0.244 e. The highest BCUT2D eigenvalue weighted by molar-refractivity contribution is 5.87. The van der Waals surface area contributed by atoms with E-state index >= 15 is 0 Å². The van der Waals surface area contributed by atoms with Crippen LogP contribution in [0.2, 0.25) is 0 Å². The smallest absolute Gasteiger partial charge is 0.244 e. The fraction of sp³-hybridized carbons (Fsp3) is 0.500. The first-order valence-corrected chi connectivity index (χ1v) is 7.06. The van der Waals surface area contributed by atoms with Gasteiger partial charge in [-0.15, -0.1) is 12.4 Å². The molecule has 0 heterocycles. The van der Waals surface area contributed by atoms with Crippen molar-refractivity contribution < 1.29 is 9.59 Å². The molecule has 1 aromatic carbocycles. The molecule has 4 N–H and O–H groups in total. The van der Waals surface area contributed by atoms with Gasteiger partial charge in [0.05, 0.1) is 0 Å². The fourth-order valence-corrected chi connectivity index (χ4v) is 1.87. The lowest BCUT2D eigenvalue weighted by Gasteiger charge is -2.24. The van der Waals surface area contributed by atoms with E-state index in [-0.39, 0.29) is 42.7 Å². The van der Waals surface area contributed by atoms with Crippen LogP contribution in [0.3, 0.4) is 0 Å². The first kappa shape index (κ1) is 20.4. The van der Waals surface area contributed by atoms with Gasteiger partial charge in [0.1, 0.15) is 5.54 Å². The van der Waals surface area contributed by atoms with Crippen LogP contribution in [-0.2, 0) is 15.1 Å². The van der Waals surface area contributed by atoms with Crippen molar-refractivity contribution in [2.24, 2.45) is 5.73 Å². The van der Waals surface area contributed by atoms with Crippen LogP contribution in [0.25, 0.3) is 0 Å². The summed E-state index contributed by atoms with van der Waals surface area (Å²) in [5.74, 6) is -0.390. The summed E-state index contributed by atoms with van der Waals surface area (Å²) in [6, 6.07) is 9.17. The maximum atomic E-state index is 12.2. The van der Waals surface area contributed by atoms with Crippen LogP contribution in [-0.4, -0.2) is 23.9 Å². The minimum atomic E-state index is -1.11. The van der Waals surface area contributed by atoms with Crippen LogP contribution < -0.4 is 16.4 Å². The van der Waals surface area contributed by atoms with E-state index < -0.39 is 5.54 Å². The highest BCUT2D eigenvalue weighted by Gasteiger charge is 2.30. The zero-order valence-corrected chi connectivity index (χ0v) is 14.4. The highest BCUT2D eigenvalue weighted by Crippen LogP contribution is 2.17. The third-order valence-electron chi connectivity index (χ3n) is 3.00. The Labute approximate surface area is 138 Å². The molecule has 0 fully saturated rings. The summed E-state index contributed by atoms with van der Waals surface area (Å²) >= 11 is 0. The van der Waals surface area contributed by atoms with Crippen molar-refractivity contribution in [2.45, 2.75) is 45.2 Å². The molecular formula is C16H26ClN3O2. The molecule has 1 aromatic rings. The van der Waals surface area contributed by atoms with Gasteiger partial charge in [0.25, 0.3) is 0 Å². The van der Waals surface area contributed by atoms with E-state index in [1.165, 1.54) is 0 Å². The Balaban J connectivity index is 0.00000441. The van der Waals surface area contributed by atoms with Gasteiger partial charge in [-0.3, -0.25) is 9.59 Å². The zero-order chi connectivity index (χ0) is 16.1. The van der Waals surface area contributed by atoms with Crippen molar-refractivity contribution in [1.29, 1.82) is 0 Å². The average Bonchev–Trinajstić information content (AvgIpc) is 2.37. The van der Waals surface area contributed by atoms with Crippen molar-refractivity contribution in [3.63, 3.8) is 0 Å². The van der Waals surface area contributed by atoms with Gasteiger partial charge in [-0.1, -0.05) is 30.3 Å². The second kappa shape index (κ2) is 8.15. The Hall–Kier alpha value is -1.59. The minimum Gasteiger partial charge on any atom is -0.354 e. The van der Waals surface area contributed by atoms with Crippen molar-refractivity contribution in [1.82, 2.24) is 10.6 Å². The number of carbonyl (C=O) groups is 2. The van der Waals surface area contributed by atoms with Crippen molar-refractivity contribution in [3.05, 3.63) is 35.9 Å². The summed E-state index contributed by atoms with van der Waals surface area (Å²) in [6.07, 6.45) is 0.230. The number of hydrogen-bond donors (Lipinski definition) is 3. The summed E-state index contributed by atoms with van der Waals surface area (Å²) in [6.45, 7) is 7.66. The number of nitrogens with one attached hydrogen (secondary N) is 2. The molecule has 0 aliphatic rings. The Kier molecular flexibility index (Phi) is 7.56. The number of carbonyl (C=O) groups excluding carboxylic acids is 2. The lowest BCUT2D eigenvalue weighted by molar-refractivity contribution is -0.126. The molecule has 0 radical (unpaired) electrons. The van der Waals surface area contributed by atoms with Gasteiger partial charge < -0.3 is 16.4 Å². The number of amides is 2.